The molecule has 2 heterocycles. The average Bonchev–Trinajstić information content (AvgIpc) is 2.83. The number of ether oxygens (including phenoxy) is 1. The molecular weight excluding hydrogens is 406 g/mol. The molecule has 3 aromatic rings. The minimum atomic E-state index is -0.486. The van der Waals surface area contributed by atoms with Crippen molar-refractivity contribution in [1.29, 1.82) is 0 Å². The monoisotopic (exact) mass is 433 g/mol. The van der Waals surface area contributed by atoms with Crippen LogP contribution in [0.4, 0.5) is 11.5 Å². The van der Waals surface area contributed by atoms with Crippen LogP contribution in [0, 0.1) is 0 Å². The summed E-state index contributed by atoms with van der Waals surface area (Å²) in [4.78, 5) is 40.6. The standard InChI is InChI=1S/C24H27N5O3/c1-4-32-24(31)21-22(26-20-8-6-5-7-19(20)25-21)28-13-15-29(16-14-28)23(30)17-9-11-18(12-10-17)27(2)3/h5-12H,4,13-16H2,1-3H3. The van der Waals surface area contributed by atoms with E-state index in [9.17, 15) is 9.59 Å². The van der Waals surface area contributed by atoms with Crippen LogP contribution in [0.5, 0.6) is 0 Å². The lowest BCUT2D eigenvalue weighted by molar-refractivity contribution is 0.0519. The molecule has 1 aliphatic heterocycles. The molecule has 1 fully saturated rings. The van der Waals surface area contributed by atoms with Gasteiger partial charge in [-0.2, -0.15) is 0 Å². The fraction of sp³-hybridized carbons (Fsp3) is 0.333. The van der Waals surface area contributed by atoms with Gasteiger partial charge in [-0.05, 0) is 43.3 Å². The molecule has 0 N–H and O–H groups in total. The summed E-state index contributed by atoms with van der Waals surface area (Å²) in [6.07, 6.45) is 0. The molecule has 0 aliphatic carbocycles. The quantitative estimate of drug-likeness (QED) is 0.573. The van der Waals surface area contributed by atoms with Crippen LogP contribution in [0.2, 0.25) is 0 Å². The third-order valence-corrected chi connectivity index (χ3v) is 5.52. The van der Waals surface area contributed by atoms with E-state index >= 15 is 0 Å². The van der Waals surface area contributed by atoms with E-state index < -0.39 is 5.97 Å². The predicted molar refractivity (Wildman–Crippen MR) is 124 cm³/mol. The number of rotatable bonds is 5. The topological polar surface area (TPSA) is 78.9 Å². The van der Waals surface area contributed by atoms with E-state index in [4.69, 9.17) is 9.72 Å². The minimum Gasteiger partial charge on any atom is -0.461 e. The van der Waals surface area contributed by atoms with Crippen molar-refractivity contribution in [2.75, 3.05) is 56.7 Å². The summed E-state index contributed by atoms with van der Waals surface area (Å²) in [5.41, 5.74) is 3.29. The van der Waals surface area contributed by atoms with Crippen LogP contribution in [0.3, 0.4) is 0 Å². The summed E-state index contributed by atoms with van der Waals surface area (Å²) in [7, 11) is 3.94. The van der Waals surface area contributed by atoms with E-state index in [0.717, 1.165) is 11.2 Å². The van der Waals surface area contributed by atoms with Crippen molar-refractivity contribution in [3.05, 3.63) is 59.8 Å². The van der Waals surface area contributed by atoms with Crippen molar-refractivity contribution < 1.29 is 14.3 Å². The van der Waals surface area contributed by atoms with Crippen LogP contribution < -0.4 is 9.80 Å². The van der Waals surface area contributed by atoms with E-state index in [0.29, 0.717) is 43.1 Å². The largest absolute Gasteiger partial charge is 0.461 e. The number of para-hydroxylation sites is 2. The molecule has 0 bridgehead atoms. The lowest BCUT2D eigenvalue weighted by Crippen LogP contribution is -2.49. The smallest absolute Gasteiger partial charge is 0.360 e. The molecule has 0 spiro atoms. The molecular formula is C24H27N5O3. The zero-order valence-corrected chi connectivity index (χ0v) is 18.6. The van der Waals surface area contributed by atoms with Gasteiger partial charge >= 0.3 is 5.97 Å². The second kappa shape index (κ2) is 9.21. The van der Waals surface area contributed by atoms with E-state index in [2.05, 4.69) is 4.98 Å². The maximum atomic E-state index is 13.0. The van der Waals surface area contributed by atoms with Crippen molar-refractivity contribution in [3.8, 4) is 0 Å². The fourth-order valence-corrected chi connectivity index (χ4v) is 3.75. The number of piperazine rings is 1. The van der Waals surface area contributed by atoms with E-state index in [1.807, 2.05) is 77.3 Å². The van der Waals surface area contributed by atoms with Crippen LogP contribution in [-0.2, 0) is 4.74 Å². The Morgan fingerprint density at radius 1 is 0.938 bits per heavy atom. The molecule has 1 saturated heterocycles. The van der Waals surface area contributed by atoms with Gasteiger partial charge in [0.15, 0.2) is 11.5 Å². The van der Waals surface area contributed by atoms with Crippen molar-refractivity contribution in [3.63, 3.8) is 0 Å². The van der Waals surface area contributed by atoms with Gasteiger partial charge in [-0.1, -0.05) is 12.1 Å². The van der Waals surface area contributed by atoms with Crippen molar-refractivity contribution in [1.82, 2.24) is 14.9 Å². The van der Waals surface area contributed by atoms with Gasteiger partial charge in [0.2, 0.25) is 0 Å². The zero-order valence-electron chi connectivity index (χ0n) is 18.6. The van der Waals surface area contributed by atoms with Gasteiger partial charge < -0.3 is 19.4 Å². The second-order valence-electron chi connectivity index (χ2n) is 7.83. The van der Waals surface area contributed by atoms with Gasteiger partial charge in [0.05, 0.1) is 17.6 Å². The van der Waals surface area contributed by atoms with Crippen molar-refractivity contribution >= 4 is 34.4 Å². The normalized spacial score (nSPS) is 13.8. The first-order valence-electron chi connectivity index (χ1n) is 10.7. The molecule has 166 valence electrons. The molecule has 1 amide bonds. The number of anilines is 2. The lowest BCUT2D eigenvalue weighted by Gasteiger charge is -2.36. The molecule has 1 aromatic heterocycles. The summed E-state index contributed by atoms with van der Waals surface area (Å²) in [5, 5.41) is 0. The average molecular weight is 434 g/mol. The highest BCUT2D eigenvalue weighted by atomic mass is 16.5. The molecule has 0 radical (unpaired) electrons. The van der Waals surface area contributed by atoms with Gasteiger partial charge in [-0.25, -0.2) is 14.8 Å². The molecule has 1 aliphatic rings. The SMILES string of the molecule is CCOC(=O)c1nc2ccccc2nc1N1CCN(C(=O)c2ccc(N(C)C)cc2)CC1. The third kappa shape index (κ3) is 4.34. The molecule has 2 aromatic carbocycles. The first-order valence-corrected chi connectivity index (χ1v) is 10.7. The van der Waals surface area contributed by atoms with Gasteiger partial charge in [-0.3, -0.25) is 4.79 Å². The van der Waals surface area contributed by atoms with Crippen LogP contribution in [0.25, 0.3) is 11.0 Å². The first-order chi connectivity index (χ1) is 15.5. The van der Waals surface area contributed by atoms with Gasteiger partial charge in [-0.15, -0.1) is 0 Å². The van der Waals surface area contributed by atoms with E-state index in [1.54, 1.807) is 6.92 Å². The Labute approximate surface area is 187 Å². The maximum Gasteiger partial charge on any atom is 0.360 e. The number of hydrogen-bond donors (Lipinski definition) is 0. The predicted octanol–water partition coefficient (Wildman–Crippen LogP) is 2.83. The third-order valence-electron chi connectivity index (χ3n) is 5.52. The Morgan fingerprint density at radius 3 is 2.16 bits per heavy atom. The number of esters is 1. The summed E-state index contributed by atoms with van der Waals surface area (Å²) < 4.78 is 5.22. The Balaban J connectivity index is 1.52. The number of amides is 1. The Morgan fingerprint density at radius 2 is 1.56 bits per heavy atom. The minimum absolute atomic E-state index is 0.00479. The molecule has 8 nitrogen and oxygen atoms in total. The molecule has 0 saturated carbocycles. The van der Waals surface area contributed by atoms with Crippen LogP contribution in [0.1, 0.15) is 27.8 Å². The van der Waals surface area contributed by atoms with Crippen molar-refractivity contribution in [2.24, 2.45) is 0 Å². The highest BCUT2D eigenvalue weighted by Crippen LogP contribution is 2.23. The first kappa shape index (κ1) is 21.5. The van der Waals surface area contributed by atoms with E-state index in [-0.39, 0.29) is 18.2 Å². The summed E-state index contributed by atoms with van der Waals surface area (Å²) >= 11 is 0. The Kier molecular flexibility index (Phi) is 6.20. The maximum absolute atomic E-state index is 13.0. The van der Waals surface area contributed by atoms with Crippen LogP contribution >= 0.6 is 0 Å². The van der Waals surface area contributed by atoms with Gasteiger partial charge in [0.25, 0.3) is 5.91 Å². The number of fused-ring (bicyclic) bond motifs is 1. The Hall–Kier alpha value is -3.68. The summed E-state index contributed by atoms with van der Waals surface area (Å²) in [6, 6.07) is 15.1. The van der Waals surface area contributed by atoms with Crippen LogP contribution in [-0.4, -0.2) is 73.6 Å². The highest BCUT2D eigenvalue weighted by molar-refractivity contribution is 5.96. The van der Waals surface area contributed by atoms with Gasteiger partial charge in [0, 0.05) is 51.5 Å². The number of hydrogen-bond acceptors (Lipinski definition) is 7. The van der Waals surface area contributed by atoms with Crippen LogP contribution in [0.15, 0.2) is 48.5 Å². The lowest BCUT2D eigenvalue weighted by atomic mass is 10.1. The second-order valence-corrected chi connectivity index (χ2v) is 7.83. The fourth-order valence-electron chi connectivity index (χ4n) is 3.75. The van der Waals surface area contributed by atoms with E-state index in [1.165, 1.54) is 0 Å². The number of carbonyl (C=O) groups is 2. The number of aromatic nitrogens is 2. The number of carbonyl (C=O) groups excluding carboxylic acids is 2. The molecule has 32 heavy (non-hydrogen) atoms. The Bertz CT molecular complexity index is 1120. The molecule has 0 atom stereocenters. The van der Waals surface area contributed by atoms with Crippen molar-refractivity contribution in [2.45, 2.75) is 6.92 Å². The highest BCUT2D eigenvalue weighted by Gasteiger charge is 2.27. The molecule has 8 heteroatoms. The summed E-state index contributed by atoms with van der Waals surface area (Å²) in [6.45, 7) is 4.21. The molecule has 4 rings (SSSR count). The number of benzene rings is 2. The zero-order chi connectivity index (χ0) is 22.7. The summed E-state index contributed by atoms with van der Waals surface area (Å²) in [5.74, 6) is 0.0231. The van der Waals surface area contributed by atoms with Gasteiger partial charge in [0.1, 0.15) is 0 Å². The molecule has 0 unspecified atom stereocenters. The number of nitrogens with zero attached hydrogens (tertiary/aromatic N) is 5.